The van der Waals surface area contributed by atoms with Crippen molar-refractivity contribution in [3.8, 4) is 33.4 Å². The maximum Gasteiger partial charge on any atom is 0.494 e. The lowest BCUT2D eigenvalue weighted by Crippen LogP contribution is -2.41. The Kier molecular flexibility index (Phi) is 6.69. The van der Waals surface area contributed by atoms with E-state index in [-0.39, 0.29) is 18.3 Å². The second-order valence-electron chi connectivity index (χ2n) is 13.6. The predicted octanol–water partition coefficient (Wildman–Crippen LogP) is 9.68. The largest absolute Gasteiger partial charge is 0.494 e. The van der Waals surface area contributed by atoms with E-state index in [4.69, 9.17) is 9.31 Å². The molecule has 0 atom stereocenters. The lowest BCUT2D eigenvalue weighted by Gasteiger charge is -2.34. The number of fused-ring (bicyclic) bond motifs is 3. The van der Waals surface area contributed by atoms with Gasteiger partial charge in [0.1, 0.15) is 0 Å². The van der Waals surface area contributed by atoms with Crippen LogP contribution in [0.3, 0.4) is 0 Å². The van der Waals surface area contributed by atoms with Crippen LogP contribution >= 0.6 is 0 Å². The average Bonchev–Trinajstić information content (AvgIpc) is 3.52. The summed E-state index contributed by atoms with van der Waals surface area (Å²) < 4.78 is 12.7. The van der Waals surface area contributed by atoms with Crippen LogP contribution in [0.1, 0.15) is 49.9 Å². The van der Waals surface area contributed by atoms with E-state index in [1.807, 2.05) is 0 Å². The summed E-state index contributed by atoms with van der Waals surface area (Å²) in [5.74, 6) is 0. The lowest BCUT2D eigenvalue weighted by molar-refractivity contribution is 0.00578. The highest BCUT2D eigenvalue weighted by molar-refractivity contribution is 6.62. The topological polar surface area (TPSA) is 18.5 Å². The van der Waals surface area contributed by atoms with Crippen LogP contribution in [0.25, 0.3) is 33.4 Å². The number of hydrogen-bond donors (Lipinski definition) is 0. The molecule has 1 aliphatic carbocycles. The van der Waals surface area contributed by atoms with Crippen molar-refractivity contribution in [1.29, 1.82) is 0 Å². The molecule has 1 heterocycles. The highest BCUT2D eigenvalue weighted by Gasteiger charge is 2.51. The summed E-state index contributed by atoms with van der Waals surface area (Å²) in [5, 5.41) is 0. The van der Waals surface area contributed by atoms with Gasteiger partial charge in [0.2, 0.25) is 0 Å². The van der Waals surface area contributed by atoms with Gasteiger partial charge in [-0.25, -0.2) is 0 Å². The van der Waals surface area contributed by atoms with Gasteiger partial charge in [0.15, 0.2) is 0 Å². The molecule has 1 saturated heterocycles. The van der Waals surface area contributed by atoms with Crippen molar-refractivity contribution in [3.05, 3.63) is 174 Å². The summed E-state index contributed by atoms with van der Waals surface area (Å²) in [7, 11) is -0.376. The van der Waals surface area contributed by atoms with Crippen LogP contribution in [0.2, 0.25) is 0 Å². The summed E-state index contributed by atoms with van der Waals surface area (Å²) >= 11 is 0. The number of hydrogen-bond acceptors (Lipinski definition) is 2. The van der Waals surface area contributed by atoms with Crippen molar-refractivity contribution in [3.63, 3.8) is 0 Å². The molecule has 6 aromatic rings. The molecule has 0 N–H and O–H groups in total. The third-order valence-corrected chi connectivity index (χ3v) is 10.4. The highest BCUT2D eigenvalue weighted by Crippen LogP contribution is 2.56. The first-order valence-electron chi connectivity index (χ1n) is 16.2. The van der Waals surface area contributed by atoms with Crippen molar-refractivity contribution in [2.24, 2.45) is 0 Å². The second kappa shape index (κ2) is 10.7. The van der Waals surface area contributed by atoms with Crippen LogP contribution in [0.5, 0.6) is 0 Å². The summed E-state index contributed by atoms with van der Waals surface area (Å²) in [6.45, 7) is 8.38. The van der Waals surface area contributed by atoms with Gasteiger partial charge in [-0.05, 0) is 94.9 Å². The molecule has 0 amide bonds. The summed E-state index contributed by atoms with van der Waals surface area (Å²) in [6, 6.07) is 55.4. The Morgan fingerprint density at radius 1 is 0.413 bits per heavy atom. The van der Waals surface area contributed by atoms with Crippen LogP contribution in [0.15, 0.2) is 152 Å². The predicted molar refractivity (Wildman–Crippen MR) is 190 cm³/mol. The molecule has 0 bridgehead atoms. The van der Waals surface area contributed by atoms with Gasteiger partial charge >= 0.3 is 7.12 Å². The van der Waals surface area contributed by atoms with Crippen LogP contribution in [0, 0.1) is 0 Å². The zero-order chi connectivity index (χ0) is 31.5. The molecule has 0 saturated carbocycles. The molecule has 1 aliphatic heterocycles. The van der Waals surface area contributed by atoms with Crippen LogP contribution in [-0.2, 0) is 14.7 Å². The molecule has 6 aromatic carbocycles. The minimum absolute atomic E-state index is 0.369. The summed E-state index contributed by atoms with van der Waals surface area (Å²) in [5.41, 5.74) is 12.4. The molecule has 2 nitrogen and oxygen atoms in total. The van der Waals surface area contributed by atoms with E-state index in [0.717, 1.165) is 11.0 Å². The van der Waals surface area contributed by atoms with Gasteiger partial charge in [-0.3, -0.25) is 0 Å². The van der Waals surface area contributed by atoms with Crippen LogP contribution in [-0.4, -0.2) is 18.3 Å². The van der Waals surface area contributed by atoms with Gasteiger partial charge in [-0.1, -0.05) is 146 Å². The van der Waals surface area contributed by atoms with Crippen molar-refractivity contribution >= 4 is 12.6 Å². The maximum absolute atomic E-state index is 6.33. The quantitative estimate of drug-likeness (QED) is 0.184. The molecule has 46 heavy (non-hydrogen) atoms. The van der Waals surface area contributed by atoms with Crippen molar-refractivity contribution < 1.29 is 9.31 Å². The van der Waals surface area contributed by atoms with Gasteiger partial charge in [-0.15, -0.1) is 0 Å². The zero-order valence-corrected chi connectivity index (χ0v) is 26.8. The standard InChI is InChI=1S/C43H37BO2/c1-41(2)42(3,4)46-44(45-41)36-27-23-32(24-28-36)33-15-12-16-35(29-33)43(34-25-21-31(22-26-34)30-13-6-5-7-14-30)39-19-10-8-17-37(39)38-18-9-11-20-40(38)43/h5-29H,1-4H3. The molecular weight excluding hydrogens is 559 g/mol. The molecule has 0 radical (unpaired) electrons. The van der Waals surface area contributed by atoms with E-state index in [1.165, 1.54) is 50.1 Å². The molecule has 0 aromatic heterocycles. The molecule has 0 unspecified atom stereocenters. The third-order valence-electron chi connectivity index (χ3n) is 10.4. The fourth-order valence-corrected chi connectivity index (χ4v) is 7.31. The number of benzene rings is 6. The first kappa shape index (κ1) is 28.8. The van der Waals surface area contributed by atoms with E-state index in [1.54, 1.807) is 0 Å². The molecule has 2 aliphatic rings. The average molecular weight is 597 g/mol. The Morgan fingerprint density at radius 2 is 0.891 bits per heavy atom. The minimum Gasteiger partial charge on any atom is -0.399 e. The highest BCUT2D eigenvalue weighted by atomic mass is 16.7. The first-order chi connectivity index (χ1) is 22.3. The molecule has 8 rings (SSSR count). The van der Waals surface area contributed by atoms with Gasteiger partial charge in [0.05, 0.1) is 16.6 Å². The van der Waals surface area contributed by atoms with Gasteiger partial charge < -0.3 is 9.31 Å². The first-order valence-corrected chi connectivity index (χ1v) is 16.2. The van der Waals surface area contributed by atoms with Gasteiger partial charge in [0.25, 0.3) is 0 Å². The monoisotopic (exact) mass is 596 g/mol. The minimum atomic E-state index is -0.457. The SMILES string of the molecule is CC1(C)OB(c2ccc(-c3cccc(C4(c5ccc(-c6ccccc6)cc5)c5ccccc5-c5ccccc54)c3)cc2)OC1(C)C. The normalized spacial score (nSPS) is 17.0. The Morgan fingerprint density at radius 3 is 1.50 bits per heavy atom. The van der Waals surface area contributed by atoms with E-state index in [0.29, 0.717) is 0 Å². The fraction of sp³-hybridized carbons (Fsp3) is 0.163. The second-order valence-corrected chi connectivity index (χ2v) is 13.6. The Balaban J connectivity index is 1.25. The summed E-state index contributed by atoms with van der Waals surface area (Å²) in [6.07, 6.45) is 0. The number of rotatable bonds is 5. The van der Waals surface area contributed by atoms with Gasteiger partial charge in [0, 0.05) is 0 Å². The van der Waals surface area contributed by atoms with E-state index >= 15 is 0 Å². The Bertz CT molecular complexity index is 1980. The van der Waals surface area contributed by atoms with E-state index in [2.05, 4.69) is 179 Å². The van der Waals surface area contributed by atoms with Crippen LogP contribution in [0.4, 0.5) is 0 Å². The molecule has 224 valence electrons. The summed E-state index contributed by atoms with van der Waals surface area (Å²) in [4.78, 5) is 0. The van der Waals surface area contributed by atoms with Crippen molar-refractivity contribution in [2.45, 2.75) is 44.3 Å². The third kappa shape index (κ3) is 4.41. The fourth-order valence-electron chi connectivity index (χ4n) is 7.31. The maximum atomic E-state index is 6.33. The molecule has 3 heteroatoms. The van der Waals surface area contributed by atoms with Crippen molar-refractivity contribution in [2.75, 3.05) is 0 Å². The molecule has 0 spiro atoms. The van der Waals surface area contributed by atoms with E-state index < -0.39 is 5.41 Å². The molecule has 1 fully saturated rings. The molecular formula is C43H37BO2. The van der Waals surface area contributed by atoms with Crippen LogP contribution < -0.4 is 5.46 Å². The lowest BCUT2D eigenvalue weighted by atomic mass is 9.67. The van der Waals surface area contributed by atoms with Crippen molar-refractivity contribution in [1.82, 2.24) is 0 Å². The Labute approximate surface area is 272 Å². The smallest absolute Gasteiger partial charge is 0.399 e. The Hall–Kier alpha value is -4.70. The van der Waals surface area contributed by atoms with E-state index in [9.17, 15) is 0 Å². The van der Waals surface area contributed by atoms with Gasteiger partial charge in [-0.2, -0.15) is 0 Å². The zero-order valence-electron chi connectivity index (χ0n) is 26.8.